The lowest BCUT2D eigenvalue weighted by molar-refractivity contribution is 0.0999. The van der Waals surface area contributed by atoms with Crippen LogP contribution < -0.4 is 16.8 Å². The summed E-state index contributed by atoms with van der Waals surface area (Å²) < 4.78 is 0. The molecule has 0 spiro atoms. The Morgan fingerprint density at radius 2 is 2.11 bits per heavy atom. The Balaban J connectivity index is 2.00. The molecule has 2 aromatic rings. The molecule has 142 valence electrons. The minimum absolute atomic E-state index is 0.0179. The largest absolute Gasteiger partial charge is 0.410 e. The van der Waals surface area contributed by atoms with E-state index in [0.29, 0.717) is 11.5 Å². The molecule has 27 heavy (non-hydrogen) atoms. The maximum absolute atomic E-state index is 11.9. The van der Waals surface area contributed by atoms with Crippen molar-refractivity contribution in [2.75, 3.05) is 5.32 Å². The Kier molecular flexibility index (Phi) is 5.66. The van der Waals surface area contributed by atoms with E-state index in [1.54, 1.807) is 6.07 Å². The molecule has 6 N–H and O–H groups in total. The van der Waals surface area contributed by atoms with Crippen LogP contribution in [0.15, 0.2) is 35.6 Å². The highest BCUT2D eigenvalue weighted by Gasteiger charge is 2.24. The van der Waals surface area contributed by atoms with E-state index in [9.17, 15) is 10.0 Å². The zero-order chi connectivity index (χ0) is 19.4. The van der Waals surface area contributed by atoms with Gasteiger partial charge in [-0.05, 0) is 25.8 Å². The molecule has 2 unspecified atom stereocenters. The summed E-state index contributed by atoms with van der Waals surface area (Å²) in [5, 5.41) is 16.2. The molecule has 1 saturated carbocycles. The zero-order valence-electron chi connectivity index (χ0n) is 15.2. The van der Waals surface area contributed by atoms with E-state index in [2.05, 4.69) is 20.4 Å². The minimum atomic E-state index is -0.695. The number of carbonyl (C=O) groups is 1. The van der Waals surface area contributed by atoms with Crippen LogP contribution in [0.2, 0.25) is 0 Å². The third kappa shape index (κ3) is 4.22. The summed E-state index contributed by atoms with van der Waals surface area (Å²) in [6.07, 6.45) is 5.42. The van der Waals surface area contributed by atoms with E-state index in [0.717, 1.165) is 31.2 Å². The van der Waals surface area contributed by atoms with E-state index in [1.165, 1.54) is 6.20 Å². The van der Waals surface area contributed by atoms with Gasteiger partial charge in [0.1, 0.15) is 11.4 Å². The lowest BCUT2D eigenvalue weighted by Gasteiger charge is -2.29. The number of anilines is 1. The SMILES string of the molecule is Cc1cccc(/C(=N\O)c2nc(NC3CCCCC3N)ncc2C(N)=O)c1. The summed E-state index contributed by atoms with van der Waals surface area (Å²) in [4.78, 5) is 20.5. The fraction of sp³-hybridized carbons (Fsp3) is 0.368. The van der Waals surface area contributed by atoms with Crippen molar-refractivity contribution in [3.8, 4) is 0 Å². The Morgan fingerprint density at radius 3 is 2.78 bits per heavy atom. The van der Waals surface area contributed by atoms with Crippen LogP contribution in [0.25, 0.3) is 0 Å². The number of aryl methyl sites for hydroxylation is 1. The minimum Gasteiger partial charge on any atom is -0.410 e. The molecule has 2 atom stereocenters. The Hall–Kier alpha value is -3.00. The van der Waals surface area contributed by atoms with Gasteiger partial charge in [0, 0.05) is 23.8 Å². The number of amides is 1. The molecule has 8 nitrogen and oxygen atoms in total. The predicted octanol–water partition coefficient (Wildman–Crippen LogP) is 1.79. The number of benzene rings is 1. The van der Waals surface area contributed by atoms with Gasteiger partial charge in [0.15, 0.2) is 0 Å². The van der Waals surface area contributed by atoms with E-state index in [1.807, 2.05) is 25.1 Å². The summed E-state index contributed by atoms with van der Waals surface area (Å²) in [7, 11) is 0. The summed E-state index contributed by atoms with van der Waals surface area (Å²) in [5.74, 6) is -0.370. The first-order chi connectivity index (χ1) is 13.0. The van der Waals surface area contributed by atoms with Gasteiger partial charge in [0.25, 0.3) is 5.91 Å². The topological polar surface area (TPSA) is 140 Å². The van der Waals surface area contributed by atoms with Crippen LogP contribution in [-0.2, 0) is 0 Å². The van der Waals surface area contributed by atoms with Gasteiger partial charge < -0.3 is 22.0 Å². The summed E-state index contributed by atoms with van der Waals surface area (Å²) >= 11 is 0. The van der Waals surface area contributed by atoms with Crippen molar-refractivity contribution in [1.82, 2.24) is 9.97 Å². The third-order valence-corrected chi connectivity index (χ3v) is 4.80. The number of aromatic nitrogens is 2. The van der Waals surface area contributed by atoms with Crippen LogP contribution >= 0.6 is 0 Å². The van der Waals surface area contributed by atoms with Gasteiger partial charge in [0.2, 0.25) is 5.95 Å². The van der Waals surface area contributed by atoms with Crippen molar-refractivity contribution in [2.45, 2.75) is 44.7 Å². The molecule has 1 aromatic carbocycles. The standard InChI is InChI=1S/C19H24N6O2/c1-11-5-4-6-12(9-11)16(25-27)17-13(18(21)26)10-22-19(24-17)23-15-8-3-2-7-14(15)20/h4-6,9-10,14-15,27H,2-3,7-8,20H2,1H3,(H2,21,26)(H,22,23,24)/b25-16+. The van der Waals surface area contributed by atoms with Crippen LogP contribution in [0.1, 0.15) is 52.9 Å². The molecular formula is C19H24N6O2. The van der Waals surface area contributed by atoms with Crippen molar-refractivity contribution in [3.63, 3.8) is 0 Å². The molecule has 1 fully saturated rings. The van der Waals surface area contributed by atoms with Gasteiger partial charge in [-0.3, -0.25) is 4.79 Å². The number of rotatable bonds is 5. The molecule has 0 bridgehead atoms. The second kappa shape index (κ2) is 8.13. The number of carbonyl (C=O) groups excluding carboxylic acids is 1. The van der Waals surface area contributed by atoms with Gasteiger partial charge in [0.05, 0.1) is 5.56 Å². The number of nitrogens with zero attached hydrogens (tertiary/aromatic N) is 3. The first-order valence-corrected chi connectivity index (χ1v) is 8.98. The molecular weight excluding hydrogens is 344 g/mol. The normalized spacial score (nSPS) is 20.3. The second-order valence-electron chi connectivity index (χ2n) is 6.84. The smallest absolute Gasteiger partial charge is 0.252 e. The van der Waals surface area contributed by atoms with Crippen LogP contribution in [-0.4, -0.2) is 38.9 Å². The third-order valence-electron chi connectivity index (χ3n) is 4.80. The van der Waals surface area contributed by atoms with Crippen LogP contribution in [0, 0.1) is 6.92 Å². The summed E-state index contributed by atoms with van der Waals surface area (Å²) in [6, 6.07) is 7.45. The molecule has 0 aliphatic heterocycles. The number of nitrogens with two attached hydrogens (primary N) is 2. The Morgan fingerprint density at radius 1 is 1.33 bits per heavy atom. The van der Waals surface area contributed by atoms with Crippen molar-refractivity contribution in [2.24, 2.45) is 16.6 Å². The molecule has 1 amide bonds. The van der Waals surface area contributed by atoms with Gasteiger partial charge in [-0.25, -0.2) is 9.97 Å². The van der Waals surface area contributed by atoms with Gasteiger partial charge >= 0.3 is 0 Å². The quantitative estimate of drug-likeness (QED) is 0.360. The molecule has 3 rings (SSSR count). The number of hydrogen-bond acceptors (Lipinski definition) is 7. The fourth-order valence-corrected chi connectivity index (χ4v) is 3.35. The molecule has 1 aliphatic rings. The second-order valence-corrected chi connectivity index (χ2v) is 6.84. The van der Waals surface area contributed by atoms with E-state index < -0.39 is 5.91 Å². The Bertz CT molecular complexity index is 867. The highest BCUT2D eigenvalue weighted by atomic mass is 16.4. The molecule has 1 aliphatic carbocycles. The molecule has 0 saturated heterocycles. The highest BCUT2D eigenvalue weighted by Crippen LogP contribution is 2.21. The number of hydrogen-bond donors (Lipinski definition) is 4. The van der Waals surface area contributed by atoms with Gasteiger partial charge in [-0.2, -0.15) is 0 Å². The summed E-state index contributed by atoms with van der Waals surface area (Å²) in [6.45, 7) is 1.92. The van der Waals surface area contributed by atoms with Crippen LogP contribution in [0.4, 0.5) is 5.95 Å². The average molecular weight is 368 g/mol. The maximum atomic E-state index is 11.9. The van der Waals surface area contributed by atoms with Gasteiger partial charge in [-0.15, -0.1) is 0 Å². The van der Waals surface area contributed by atoms with E-state index in [4.69, 9.17) is 11.5 Å². The first-order valence-electron chi connectivity index (χ1n) is 8.98. The van der Waals surface area contributed by atoms with Crippen molar-refractivity contribution < 1.29 is 10.0 Å². The van der Waals surface area contributed by atoms with Gasteiger partial charge in [-0.1, -0.05) is 41.8 Å². The Labute approximate surface area is 157 Å². The van der Waals surface area contributed by atoms with Crippen LogP contribution in [0.5, 0.6) is 0 Å². The van der Waals surface area contributed by atoms with E-state index >= 15 is 0 Å². The molecule has 1 heterocycles. The molecule has 0 radical (unpaired) electrons. The van der Waals surface area contributed by atoms with Crippen molar-refractivity contribution in [3.05, 3.63) is 52.8 Å². The first kappa shape index (κ1) is 18.8. The highest BCUT2D eigenvalue weighted by molar-refractivity contribution is 6.16. The zero-order valence-corrected chi connectivity index (χ0v) is 15.2. The lowest BCUT2D eigenvalue weighted by atomic mass is 9.91. The van der Waals surface area contributed by atoms with Crippen molar-refractivity contribution >= 4 is 17.6 Å². The summed E-state index contributed by atoms with van der Waals surface area (Å²) in [5.41, 5.74) is 13.7. The van der Waals surface area contributed by atoms with Crippen molar-refractivity contribution in [1.29, 1.82) is 0 Å². The monoisotopic (exact) mass is 368 g/mol. The number of primary amides is 1. The van der Waals surface area contributed by atoms with Crippen LogP contribution in [0.3, 0.4) is 0 Å². The van der Waals surface area contributed by atoms with E-state index in [-0.39, 0.29) is 29.1 Å². The fourth-order valence-electron chi connectivity index (χ4n) is 3.35. The number of oxime groups is 1. The maximum Gasteiger partial charge on any atom is 0.252 e. The molecule has 8 heteroatoms. The number of nitrogens with one attached hydrogen (secondary N) is 1. The predicted molar refractivity (Wildman–Crippen MR) is 103 cm³/mol. The molecule has 1 aromatic heterocycles. The lowest BCUT2D eigenvalue weighted by Crippen LogP contribution is -2.43. The average Bonchev–Trinajstić information content (AvgIpc) is 2.64.